The average molecular weight is 468 g/mol. The first-order chi connectivity index (χ1) is 14.5. The monoisotopic (exact) mass is 467 g/mol. The van der Waals surface area contributed by atoms with E-state index in [0.717, 1.165) is 9.87 Å². The first kappa shape index (κ1) is 24.7. The molecule has 9 nitrogen and oxygen atoms in total. The zero-order chi connectivity index (χ0) is 23.2. The van der Waals surface area contributed by atoms with Crippen molar-refractivity contribution in [1.29, 1.82) is 0 Å². The highest BCUT2D eigenvalue weighted by molar-refractivity contribution is 7.89. The third kappa shape index (κ3) is 7.28. The molecule has 0 aliphatic heterocycles. The minimum absolute atomic E-state index is 0.0238. The molecule has 1 aromatic heterocycles. The predicted molar refractivity (Wildman–Crippen MR) is 121 cm³/mol. The summed E-state index contributed by atoms with van der Waals surface area (Å²) >= 11 is 6.10. The largest absolute Gasteiger partial charge is 0.325 e. The quantitative estimate of drug-likeness (QED) is 0.584. The smallest absolute Gasteiger partial charge is 0.242 e. The molecule has 1 heterocycles. The number of nitrogens with one attached hydrogen (secondary N) is 2. The Labute approximate surface area is 187 Å². The summed E-state index contributed by atoms with van der Waals surface area (Å²) in [5.41, 5.74) is 1.19. The Morgan fingerprint density at radius 3 is 2.42 bits per heavy atom. The number of nitrogens with zero attached hydrogens (tertiary/aromatic N) is 3. The van der Waals surface area contributed by atoms with Crippen molar-refractivity contribution in [1.82, 2.24) is 14.2 Å². The number of likely N-dealkylation sites (N-methyl/N-ethyl adjacent to an activating group) is 1. The van der Waals surface area contributed by atoms with Gasteiger partial charge in [-0.2, -0.15) is 0 Å². The van der Waals surface area contributed by atoms with Crippen LogP contribution in [0.2, 0.25) is 5.02 Å². The van der Waals surface area contributed by atoms with Gasteiger partial charge in [0, 0.05) is 33.3 Å². The lowest BCUT2D eigenvalue weighted by molar-refractivity contribution is -0.119. The highest BCUT2D eigenvalue weighted by atomic mass is 35.5. The molecule has 2 N–H and O–H groups in total. The molecule has 31 heavy (non-hydrogen) atoms. The Hall–Kier alpha value is -2.53. The number of anilines is 2. The van der Waals surface area contributed by atoms with Crippen LogP contribution in [0.1, 0.15) is 12.0 Å². The summed E-state index contributed by atoms with van der Waals surface area (Å²) in [5, 5.41) is 5.56. The van der Waals surface area contributed by atoms with E-state index < -0.39 is 10.0 Å². The average Bonchev–Trinajstić information content (AvgIpc) is 2.67. The Morgan fingerprint density at radius 2 is 1.77 bits per heavy atom. The fourth-order valence-electron chi connectivity index (χ4n) is 2.59. The first-order valence-electron chi connectivity index (χ1n) is 9.42. The van der Waals surface area contributed by atoms with Gasteiger partial charge in [-0.25, -0.2) is 17.7 Å². The summed E-state index contributed by atoms with van der Waals surface area (Å²) in [6.45, 7) is 2.30. The van der Waals surface area contributed by atoms with Crippen LogP contribution in [0.5, 0.6) is 0 Å². The molecule has 0 saturated heterocycles. The third-order valence-corrected chi connectivity index (χ3v) is 6.45. The maximum absolute atomic E-state index is 12.3. The molecule has 0 aliphatic carbocycles. The van der Waals surface area contributed by atoms with Gasteiger partial charge in [0.15, 0.2) is 0 Å². The maximum atomic E-state index is 12.3. The van der Waals surface area contributed by atoms with Crippen LogP contribution in [-0.2, 0) is 19.6 Å². The summed E-state index contributed by atoms with van der Waals surface area (Å²) in [4.78, 5) is 30.2. The van der Waals surface area contributed by atoms with Crippen LogP contribution in [0, 0.1) is 6.92 Å². The topological polar surface area (TPSA) is 112 Å². The molecule has 2 aromatic rings. The summed E-state index contributed by atoms with van der Waals surface area (Å²) < 4.78 is 25.6. The first-order valence-corrected chi connectivity index (χ1v) is 11.2. The van der Waals surface area contributed by atoms with Gasteiger partial charge in [-0.3, -0.25) is 14.5 Å². The number of halogens is 1. The highest BCUT2D eigenvalue weighted by Gasteiger charge is 2.19. The van der Waals surface area contributed by atoms with Crippen LogP contribution in [0.25, 0.3) is 0 Å². The summed E-state index contributed by atoms with van der Waals surface area (Å²) in [5.74, 6) is -0.127. The number of pyridine rings is 1. The molecular weight excluding hydrogens is 442 g/mol. The molecule has 0 bridgehead atoms. The Balaban J connectivity index is 1.89. The lowest BCUT2D eigenvalue weighted by Gasteiger charge is -2.17. The second-order valence-corrected chi connectivity index (χ2v) is 9.79. The van der Waals surface area contributed by atoms with Gasteiger partial charge in [0.05, 0.1) is 22.2 Å². The molecule has 168 valence electrons. The van der Waals surface area contributed by atoms with Crippen molar-refractivity contribution >= 4 is 44.9 Å². The summed E-state index contributed by atoms with van der Waals surface area (Å²) in [7, 11) is 0.902. The molecule has 11 heteroatoms. The molecule has 0 fully saturated rings. The molecule has 0 unspecified atom stereocenters. The number of aryl methyl sites for hydroxylation is 1. The van der Waals surface area contributed by atoms with Gasteiger partial charge in [0.1, 0.15) is 5.82 Å². The number of aromatic nitrogens is 1. The second kappa shape index (κ2) is 10.7. The van der Waals surface area contributed by atoms with Gasteiger partial charge in [-0.05, 0) is 49.9 Å². The van der Waals surface area contributed by atoms with Gasteiger partial charge in [0.2, 0.25) is 21.8 Å². The van der Waals surface area contributed by atoms with Gasteiger partial charge in [-0.15, -0.1) is 0 Å². The van der Waals surface area contributed by atoms with E-state index >= 15 is 0 Å². The fourth-order valence-corrected chi connectivity index (χ4v) is 3.68. The number of hydrogen-bond acceptors (Lipinski definition) is 6. The van der Waals surface area contributed by atoms with Crippen LogP contribution in [0.15, 0.2) is 41.4 Å². The maximum Gasteiger partial charge on any atom is 0.242 e. The Morgan fingerprint density at radius 1 is 1.06 bits per heavy atom. The van der Waals surface area contributed by atoms with E-state index in [0.29, 0.717) is 12.4 Å². The van der Waals surface area contributed by atoms with E-state index in [2.05, 4.69) is 15.6 Å². The number of hydrogen-bond donors (Lipinski definition) is 2. The van der Waals surface area contributed by atoms with Gasteiger partial charge in [-0.1, -0.05) is 11.6 Å². The lowest BCUT2D eigenvalue weighted by Crippen LogP contribution is -2.32. The van der Waals surface area contributed by atoms with Gasteiger partial charge in [0.25, 0.3) is 0 Å². The highest BCUT2D eigenvalue weighted by Crippen LogP contribution is 2.26. The van der Waals surface area contributed by atoms with Crippen LogP contribution in [0.3, 0.4) is 0 Å². The van der Waals surface area contributed by atoms with E-state index in [1.807, 2.05) is 13.0 Å². The number of benzene rings is 1. The number of sulfonamides is 1. The van der Waals surface area contributed by atoms with E-state index in [9.17, 15) is 18.0 Å². The van der Waals surface area contributed by atoms with Crippen LogP contribution in [-0.4, -0.2) is 68.7 Å². The number of amides is 2. The standard InChI is InChI=1S/C20H26ClN5O4S/c1-14-7-9-22-18(11-14)24-20(28)13-26(4)10-8-19(27)23-17-12-15(5-6-16(17)21)31(29,30)25(2)3/h5-7,9,11-12H,8,10,13H2,1-4H3,(H,23,27)(H,22,24,28). The fraction of sp³-hybridized carbons (Fsp3) is 0.350. The van der Waals surface area contributed by atoms with Crippen molar-refractivity contribution < 1.29 is 18.0 Å². The summed E-state index contributed by atoms with van der Waals surface area (Å²) in [6, 6.07) is 7.71. The van der Waals surface area contributed by atoms with Crippen molar-refractivity contribution in [2.45, 2.75) is 18.2 Å². The van der Waals surface area contributed by atoms with Crippen LogP contribution >= 0.6 is 11.6 Å². The molecule has 0 spiro atoms. The zero-order valence-corrected chi connectivity index (χ0v) is 19.4. The van der Waals surface area contributed by atoms with Crippen molar-refractivity contribution in [2.75, 3.05) is 44.9 Å². The van der Waals surface area contributed by atoms with Crippen LogP contribution in [0.4, 0.5) is 11.5 Å². The van der Waals surface area contributed by atoms with Crippen molar-refractivity contribution in [3.8, 4) is 0 Å². The number of carbonyl (C=O) groups excluding carboxylic acids is 2. The van der Waals surface area contributed by atoms with Gasteiger partial charge < -0.3 is 10.6 Å². The Kier molecular flexibility index (Phi) is 8.52. The third-order valence-electron chi connectivity index (χ3n) is 4.31. The van der Waals surface area contributed by atoms with Crippen molar-refractivity contribution in [3.63, 3.8) is 0 Å². The minimum atomic E-state index is -3.65. The van der Waals surface area contributed by atoms with E-state index in [-0.39, 0.29) is 40.4 Å². The zero-order valence-electron chi connectivity index (χ0n) is 17.8. The SMILES string of the molecule is Cc1ccnc(NC(=O)CN(C)CCC(=O)Nc2cc(S(=O)(=O)N(C)C)ccc2Cl)c1. The van der Waals surface area contributed by atoms with E-state index in [4.69, 9.17) is 11.6 Å². The van der Waals surface area contributed by atoms with Crippen LogP contribution < -0.4 is 10.6 Å². The number of rotatable bonds is 9. The summed E-state index contributed by atoms with van der Waals surface area (Å²) in [6.07, 6.45) is 1.70. The molecule has 0 radical (unpaired) electrons. The van der Waals surface area contributed by atoms with E-state index in [1.54, 1.807) is 24.2 Å². The predicted octanol–water partition coefficient (Wildman–Crippen LogP) is 2.19. The second-order valence-electron chi connectivity index (χ2n) is 7.23. The Bertz CT molecular complexity index is 1060. The molecule has 2 amide bonds. The molecule has 0 saturated carbocycles. The molecule has 0 atom stereocenters. The normalized spacial score (nSPS) is 11.6. The molecule has 2 rings (SSSR count). The lowest BCUT2D eigenvalue weighted by atomic mass is 10.3. The number of carbonyl (C=O) groups is 2. The molecular formula is C20H26ClN5O4S. The minimum Gasteiger partial charge on any atom is -0.325 e. The van der Waals surface area contributed by atoms with Crippen molar-refractivity contribution in [3.05, 3.63) is 47.1 Å². The molecule has 1 aromatic carbocycles. The van der Waals surface area contributed by atoms with E-state index in [1.165, 1.54) is 32.3 Å². The van der Waals surface area contributed by atoms with Crippen molar-refractivity contribution in [2.24, 2.45) is 0 Å². The molecule has 0 aliphatic rings. The van der Waals surface area contributed by atoms with Gasteiger partial charge >= 0.3 is 0 Å².